The van der Waals surface area contributed by atoms with E-state index in [1.54, 1.807) is 23.1 Å². The van der Waals surface area contributed by atoms with Gasteiger partial charge in [0.05, 0.1) is 6.20 Å². The van der Waals surface area contributed by atoms with Gasteiger partial charge in [0.15, 0.2) is 5.65 Å². The maximum atomic E-state index is 13.3. The number of rotatable bonds is 3. The Hall–Kier alpha value is -2.61. The summed E-state index contributed by atoms with van der Waals surface area (Å²) in [4.78, 5) is 8.68. The van der Waals surface area contributed by atoms with Crippen LogP contribution in [0.5, 0.6) is 0 Å². The lowest BCUT2D eigenvalue weighted by Crippen LogP contribution is -2.68. The molecule has 0 saturated carbocycles. The second-order valence-electron chi connectivity index (χ2n) is 6.46. The highest BCUT2D eigenvalue weighted by atomic mass is 19.1. The summed E-state index contributed by atoms with van der Waals surface area (Å²) in [5.74, 6) is 0.676. The van der Waals surface area contributed by atoms with E-state index in [1.165, 1.54) is 12.6 Å². The normalized spacial score (nSPS) is 23.5. The van der Waals surface area contributed by atoms with Crippen LogP contribution in [-0.2, 0) is 6.54 Å². The highest BCUT2D eigenvalue weighted by Crippen LogP contribution is 2.35. The monoisotopic (exact) mass is 325 g/mol. The molecule has 6 heterocycles. The summed E-state index contributed by atoms with van der Waals surface area (Å²) in [5, 5.41) is 12.4. The van der Waals surface area contributed by atoms with Crippen LogP contribution in [0, 0.1) is 5.82 Å². The first kappa shape index (κ1) is 13.8. The summed E-state index contributed by atoms with van der Waals surface area (Å²) in [7, 11) is 0. The van der Waals surface area contributed by atoms with Gasteiger partial charge in [-0.15, -0.1) is 15.3 Å². The highest BCUT2D eigenvalue weighted by Gasteiger charge is 2.44. The lowest BCUT2D eigenvalue weighted by atomic mass is 9.87. The maximum absolute atomic E-state index is 13.3. The van der Waals surface area contributed by atoms with Crippen LogP contribution in [0.1, 0.15) is 12.0 Å². The largest absolute Gasteiger partial charge is 0.352 e. The number of hydrogen-bond donors (Lipinski definition) is 0. The fraction of sp³-hybridized carbons (Fsp3) is 0.375. The molecule has 0 aliphatic carbocycles. The molecule has 2 atom stereocenters. The van der Waals surface area contributed by atoms with Gasteiger partial charge >= 0.3 is 0 Å². The number of piperazine rings is 1. The van der Waals surface area contributed by atoms with Gasteiger partial charge in [-0.25, -0.2) is 4.39 Å². The Labute approximate surface area is 137 Å². The fourth-order valence-electron chi connectivity index (χ4n) is 3.77. The van der Waals surface area contributed by atoms with Crippen molar-refractivity contribution in [3.8, 4) is 0 Å². The molecule has 2 unspecified atom stereocenters. The average Bonchev–Trinajstić information content (AvgIpc) is 3.07. The number of halogens is 1. The standard InChI is InChI=1S/C16H16FN7/c17-12-3-11(5-18-6-12)7-23-13-4-14(23)9-22(8-13)16-2-1-15-20-19-10-24(15)21-16/h1-3,5-6,10,13-14H,4,7-9H2. The minimum atomic E-state index is -0.272. The Balaban J connectivity index is 1.31. The fourth-order valence-corrected chi connectivity index (χ4v) is 3.77. The molecule has 3 aromatic heterocycles. The third-order valence-corrected chi connectivity index (χ3v) is 4.94. The van der Waals surface area contributed by atoms with Crippen LogP contribution in [0.25, 0.3) is 5.65 Å². The third-order valence-electron chi connectivity index (χ3n) is 4.94. The number of pyridine rings is 1. The smallest absolute Gasteiger partial charge is 0.177 e. The van der Waals surface area contributed by atoms with E-state index in [4.69, 9.17) is 0 Å². The molecule has 0 amide bonds. The molecule has 3 aromatic rings. The molecule has 3 fully saturated rings. The molecule has 2 bridgehead atoms. The predicted molar refractivity (Wildman–Crippen MR) is 84.9 cm³/mol. The Bertz CT molecular complexity index is 883. The molecule has 7 nitrogen and oxygen atoms in total. The van der Waals surface area contributed by atoms with Crippen molar-refractivity contribution < 1.29 is 4.39 Å². The van der Waals surface area contributed by atoms with Crippen molar-refractivity contribution in [1.82, 2.24) is 29.7 Å². The van der Waals surface area contributed by atoms with Gasteiger partial charge in [-0.2, -0.15) is 4.52 Å². The van der Waals surface area contributed by atoms with Crippen molar-refractivity contribution >= 4 is 11.5 Å². The van der Waals surface area contributed by atoms with Crippen LogP contribution in [0.4, 0.5) is 10.2 Å². The lowest BCUT2D eigenvalue weighted by molar-refractivity contribution is -0.00888. The Morgan fingerprint density at radius 1 is 1.17 bits per heavy atom. The van der Waals surface area contributed by atoms with Gasteiger partial charge in [-0.3, -0.25) is 9.88 Å². The molecule has 0 N–H and O–H groups in total. The summed E-state index contributed by atoms with van der Waals surface area (Å²) in [6.45, 7) is 2.62. The first-order valence-electron chi connectivity index (χ1n) is 8.03. The zero-order valence-corrected chi connectivity index (χ0v) is 13.0. The molecule has 6 rings (SSSR count). The third kappa shape index (κ3) is 2.22. The Morgan fingerprint density at radius 3 is 2.88 bits per heavy atom. The average molecular weight is 325 g/mol. The SMILES string of the molecule is Fc1cncc(CN2C3CC2CN(c2ccc4nncn4n2)C3)c1. The molecule has 0 radical (unpaired) electrons. The first-order valence-corrected chi connectivity index (χ1v) is 8.03. The minimum Gasteiger partial charge on any atom is -0.352 e. The van der Waals surface area contributed by atoms with E-state index >= 15 is 0 Å². The zero-order chi connectivity index (χ0) is 16.1. The quantitative estimate of drug-likeness (QED) is 0.719. The summed E-state index contributed by atoms with van der Waals surface area (Å²) in [6, 6.07) is 6.46. The molecule has 24 heavy (non-hydrogen) atoms. The summed E-state index contributed by atoms with van der Waals surface area (Å²) in [5.41, 5.74) is 1.68. The van der Waals surface area contributed by atoms with Crippen LogP contribution in [0.2, 0.25) is 0 Å². The van der Waals surface area contributed by atoms with Crippen molar-refractivity contribution in [2.45, 2.75) is 25.0 Å². The van der Waals surface area contributed by atoms with Crippen molar-refractivity contribution in [3.05, 3.63) is 48.3 Å². The van der Waals surface area contributed by atoms with Crippen molar-refractivity contribution in [1.29, 1.82) is 0 Å². The molecule has 8 heteroatoms. The lowest BCUT2D eigenvalue weighted by Gasteiger charge is -2.56. The van der Waals surface area contributed by atoms with Crippen LogP contribution in [0.3, 0.4) is 0 Å². The van der Waals surface area contributed by atoms with Gasteiger partial charge in [0, 0.05) is 37.9 Å². The highest BCUT2D eigenvalue weighted by molar-refractivity contribution is 5.46. The van der Waals surface area contributed by atoms with Gasteiger partial charge in [0.1, 0.15) is 18.0 Å². The van der Waals surface area contributed by atoms with Crippen molar-refractivity contribution in [2.75, 3.05) is 18.0 Å². The number of aromatic nitrogens is 5. The van der Waals surface area contributed by atoms with Crippen molar-refractivity contribution in [3.63, 3.8) is 0 Å². The van der Waals surface area contributed by atoms with Gasteiger partial charge in [0.25, 0.3) is 0 Å². The van der Waals surface area contributed by atoms with Gasteiger partial charge in [-0.1, -0.05) is 0 Å². The van der Waals surface area contributed by atoms with E-state index in [0.29, 0.717) is 12.1 Å². The molecular formula is C16H16FN7. The van der Waals surface area contributed by atoms with E-state index in [0.717, 1.165) is 36.7 Å². The van der Waals surface area contributed by atoms with E-state index in [9.17, 15) is 4.39 Å². The van der Waals surface area contributed by atoms with Gasteiger partial charge in [-0.05, 0) is 30.2 Å². The topological polar surface area (TPSA) is 62.5 Å². The molecule has 3 aliphatic rings. The summed E-state index contributed by atoms with van der Waals surface area (Å²) >= 11 is 0. The van der Waals surface area contributed by atoms with E-state index < -0.39 is 0 Å². The molecule has 122 valence electrons. The Morgan fingerprint density at radius 2 is 2.04 bits per heavy atom. The zero-order valence-electron chi connectivity index (χ0n) is 13.0. The summed E-state index contributed by atoms with van der Waals surface area (Å²) < 4.78 is 15.0. The first-order chi connectivity index (χ1) is 11.8. The second kappa shape index (κ2) is 5.20. The minimum absolute atomic E-state index is 0.272. The Kier molecular flexibility index (Phi) is 2.99. The molecule has 0 spiro atoms. The maximum Gasteiger partial charge on any atom is 0.177 e. The van der Waals surface area contributed by atoms with Crippen LogP contribution < -0.4 is 4.90 Å². The molecule has 3 saturated heterocycles. The second-order valence-corrected chi connectivity index (χ2v) is 6.46. The van der Waals surface area contributed by atoms with E-state index in [2.05, 4.69) is 30.1 Å². The van der Waals surface area contributed by atoms with Gasteiger partial charge < -0.3 is 4.90 Å². The number of anilines is 1. The molecule has 3 aliphatic heterocycles. The van der Waals surface area contributed by atoms with Crippen molar-refractivity contribution in [2.24, 2.45) is 0 Å². The molecule has 0 aromatic carbocycles. The van der Waals surface area contributed by atoms with Crippen LogP contribution in [0.15, 0.2) is 36.9 Å². The van der Waals surface area contributed by atoms with E-state index in [1.807, 2.05) is 12.1 Å². The van der Waals surface area contributed by atoms with Gasteiger partial charge in [0.2, 0.25) is 0 Å². The summed E-state index contributed by atoms with van der Waals surface area (Å²) in [6.07, 6.45) is 5.80. The predicted octanol–water partition coefficient (Wildman–Crippen LogP) is 1.12. The van der Waals surface area contributed by atoms with E-state index in [-0.39, 0.29) is 5.82 Å². The number of nitrogens with zero attached hydrogens (tertiary/aromatic N) is 7. The number of piperidine rings is 1. The molecular weight excluding hydrogens is 309 g/mol. The van der Waals surface area contributed by atoms with Crippen LogP contribution in [-0.4, -0.2) is 54.9 Å². The van der Waals surface area contributed by atoms with Crippen LogP contribution >= 0.6 is 0 Å². The number of hydrogen-bond acceptors (Lipinski definition) is 6. The number of fused-ring (bicyclic) bond motifs is 3.